The molecule has 1 fully saturated rings. The number of carbonyl (C=O) groups is 2. The summed E-state index contributed by atoms with van der Waals surface area (Å²) in [5.41, 5.74) is 0.527. The Morgan fingerprint density at radius 2 is 1.96 bits per heavy atom. The topological polar surface area (TPSA) is 91.2 Å². The zero-order valence-electron chi connectivity index (χ0n) is 13.7. The quantitative estimate of drug-likeness (QED) is 0.493. The molecule has 1 aromatic rings. The monoisotopic (exact) mass is 327 g/mol. The fraction of sp³-hybridized carbons (Fsp3) is 0.389. The van der Waals surface area contributed by atoms with Crippen molar-refractivity contribution >= 4 is 17.6 Å². The zero-order chi connectivity index (χ0) is 17.4. The summed E-state index contributed by atoms with van der Waals surface area (Å²) >= 11 is 0. The van der Waals surface area contributed by atoms with E-state index in [1.165, 1.54) is 19.7 Å². The Morgan fingerprint density at radius 3 is 2.62 bits per heavy atom. The average Bonchev–Trinajstić information content (AvgIpc) is 2.63. The van der Waals surface area contributed by atoms with Gasteiger partial charge in [0.15, 0.2) is 0 Å². The van der Waals surface area contributed by atoms with Crippen LogP contribution < -0.4 is 10.6 Å². The Bertz CT molecular complexity index is 670. The molecular weight excluding hydrogens is 306 g/mol. The predicted molar refractivity (Wildman–Crippen MR) is 90.1 cm³/mol. The fourth-order valence-corrected chi connectivity index (χ4v) is 2.69. The van der Waals surface area contributed by atoms with Crippen LogP contribution in [-0.2, 0) is 9.53 Å². The first-order chi connectivity index (χ1) is 11.7. The van der Waals surface area contributed by atoms with Gasteiger partial charge in [-0.15, -0.1) is 0 Å². The number of ether oxygens (including phenoxy) is 1. The molecule has 0 aromatic heterocycles. The molecule has 6 nitrogen and oxygen atoms in total. The number of hydrogen-bond donors (Lipinski definition) is 2. The van der Waals surface area contributed by atoms with Crippen molar-refractivity contribution in [2.45, 2.75) is 38.1 Å². The zero-order valence-corrected chi connectivity index (χ0v) is 13.7. The molecule has 0 saturated heterocycles. The number of nitrogens with zero attached hydrogens (tertiary/aromatic N) is 1. The van der Waals surface area contributed by atoms with Crippen molar-refractivity contribution in [1.82, 2.24) is 5.32 Å². The Balaban J connectivity index is 2.07. The van der Waals surface area contributed by atoms with E-state index in [4.69, 9.17) is 0 Å². The number of rotatable bonds is 5. The molecule has 0 radical (unpaired) electrons. The summed E-state index contributed by atoms with van der Waals surface area (Å²) < 4.78 is 4.69. The maximum absolute atomic E-state index is 12.3. The van der Waals surface area contributed by atoms with E-state index in [1.807, 2.05) is 6.07 Å². The predicted octanol–water partition coefficient (Wildman–Crippen LogP) is 2.74. The highest BCUT2D eigenvalue weighted by molar-refractivity contribution is 6.09. The molecule has 0 atom stereocenters. The van der Waals surface area contributed by atoms with Gasteiger partial charge >= 0.3 is 5.97 Å². The first kappa shape index (κ1) is 17.5. The summed E-state index contributed by atoms with van der Waals surface area (Å²) in [7, 11) is 1.27. The van der Waals surface area contributed by atoms with Crippen molar-refractivity contribution in [3.05, 3.63) is 41.6 Å². The Hall–Kier alpha value is -2.81. The molecule has 1 aliphatic rings. The van der Waals surface area contributed by atoms with Gasteiger partial charge in [0.05, 0.1) is 18.4 Å². The highest BCUT2D eigenvalue weighted by Crippen LogP contribution is 2.18. The van der Waals surface area contributed by atoms with E-state index >= 15 is 0 Å². The highest BCUT2D eigenvalue weighted by atomic mass is 16.5. The first-order valence-corrected chi connectivity index (χ1v) is 8.00. The molecule has 126 valence electrons. The molecule has 0 bridgehead atoms. The van der Waals surface area contributed by atoms with Crippen LogP contribution in [0.2, 0.25) is 0 Å². The minimum atomic E-state index is -0.558. The minimum Gasteiger partial charge on any atom is -0.465 e. The van der Waals surface area contributed by atoms with E-state index in [2.05, 4.69) is 15.4 Å². The second kappa shape index (κ2) is 8.73. The van der Waals surface area contributed by atoms with E-state index in [0.29, 0.717) is 11.7 Å². The van der Waals surface area contributed by atoms with Gasteiger partial charge in [-0.2, -0.15) is 5.26 Å². The Labute approximate surface area is 141 Å². The normalized spacial score (nSPS) is 15.2. The molecule has 1 aromatic carbocycles. The van der Waals surface area contributed by atoms with Crippen LogP contribution in [0.25, 0.3) is 0 Å². The molecule has 1 aliphatic carbocycles. The van der Waals surface area contributed by atoms with Gasteiger partial charge in [-0.3, -0.25) is 4.79 Å². The van der Waals surface area contributed by atoms with E-state index < -0.39 is 11.9 Å². The fourth-order valence-electron chi connectivity index (χ4n) is 2.69. The van der Waals surface area contributed by atoms with Crippen molar-refractivity contribution in [2.75, 3.05) is 12.4 Å². The van der Waals surface area contributed by atoms with E-state index in [1.54, 1.807) is 24.3 Å². The van der Waals surface area contributed by atoms with Crippen LogP contribution in [0.1, 0.15) is 42.5 Å². The van der Waals surface area contributed by atoms with Crippen molar-refractivity contribution in [2.24, 2.45) is 0 Å². The third-order valence-electron chi connectivity index (χ3n) is 4.01. The van der Waals surface area contributed by atoms with Crippen molar-refractivity contribution in [3.63, 3.8) is 0 Å². The molecule has 1 saturated carbocycles. The van der Waals surface area contributed by atoms with E-state index in [9.17, 15) is 14.9 Å². The lowest BCUT2D eigenvalue weighted by atomic mass is 9.96. The van der Waals surface area contributed by atoms with E-state index in [-0.39, 0.29) is 11.1 Å². The number of nitriles is 1. The van der Waals surface area contributed by atoms with Gasteiger partial charge in [0, 0.05) is 12.2 Å². The molecule has 0 unspecified atom stereocenters. The van der Waals surface area contributed by atoms with Crippen LogP contribution >= 0.6 is 0 Å². The van der Waals surface area contributed by atoms with Gasteiger partial charge in [-0.25, -0.2) is 4.79 Å². The second-order valence-electron chi connectivity index (χ2n) is 5.66. The largest absolute Gasteiger partial charge is 0.465 e. The number of esters is 1. The van der Waals surface area contributed by atoms with Crippen LogP contribution in [0, 0.1) is 11.3 Å². The number of nitrogens with one attached hydrogen (secondary N) is 2. The van der Waals surface area contributed by atoms with Gasteiger partial charge in [-0.1, -0.05) is 31.4 Å². The SMILES string of the molecule is COC(=O)c1ccccc1NC(=O)/C(C#N)=C\NC1CCCCC1. The number of benzene rings is 1. The van der Waals surface area contributed by atoms with Gasteiger partial charge in [-0.05, 0) is 25.0 Å². The molecular formula is C18H21N3O3. The number of anilines is 1. The molecule has 2 rings (SSSR count). The van der Waals surface area contributed by atoms with Crippen molar-refractivity contribution in [1.29, 1.82) is 5.26 Å². The third-order valence-corrected chi connectivity index (χ3v) is 4.01. The van der Waals surface area contributed by atoms with Crippen LogP contribution in [0.4, 0.5) is 5.69 Å². The van der Waals surface area contributed by atoms with Crippen LogP contribution in [0.5, 0.6) is 0 Å². The van der Waals surface area contributed by atoms with Crippen molar-refractivity contribution in [3.8, 4) is 6.07 Å². The molecule has 0 aliphatic heterocycles. The molecule has 1 amide bonds. The number of methoxy groups -OCH3 is 1. The molecule has 0 spiro atoms. The first-order valence-electron chi connectivity index (χ1n) is 8.00. The average molecular weight is 327 g/mol. The third kappa shape index (κ3) is 4.59. The molecule has 24 heavy (non-hydrogen) atoms. The highest BCUT2D eigenvalue weighted by Gasteiger charge is 2.17. The maximum Gasteiger partial charge on any atom is 0.339 e. The van der Waals surface area contributed by atoms with Gasteiger partial charge in [0.2, 0.25) is 0 Å². The Morgan fingerprint density at radius 1 is 1.25 bits per heavy atom. The smallest absolute Gasteiger partial charge is 0.339 e. The van der Waals surface area contributed by atoms with Crippen LogP contribution in [0.15, 0.2) is 36.0 Å². The standard InChI is InChI=1S/C18H21N3O3/c1-24-18(23)15-9-5-6-10-16(15)21-17(22)13(11-19)12-20-14-7-3-2-4-8-14/h5-6,9-10,12,14,20H,2-4,7-8H2,1H3,(H,21,22)/b13-12-. The summed E-state index contributed by atoms with van der Waals surface area (Å²) in [6, 6.07) is 8.71. The summed E-state index contributed by atoms with van der Waals surface area (Å²) in [5.74, 6) is -1.11. The van der Waals surface area contributed by atoms with E-state index in [0.717, 1.165) is 25.7 Å². The second-order valence-corrected chi connectivity index (χ2v) is 5.66. The lowest BCUT2D eigenvalue weighted by molar-refractivity contribution is -0.112. The minimum absolute atomic E-state index is 0.0276. The van der Waals surface area contributed by atoms with Crippen LogP contribution in [-0.4, -0.2) is 25.0 Å². The summed E-state index contributed by atoms with van der Waals surface area (Å²) in [4.78, 5) is 24.0. The number of carbonyl (C=O) groups excluding carboxylic acids is 2. The molecule has 0 heterocycles. The van der Waals surface area contributed by atoms with Crippen molar-refractivity contribution < 1.29 is 14.3 Å². The number of para-hydroxylation sites is 1. The molecule has 2 N–H and O–H groups in total. The number of amides is 1. The van der Waals surface area contributed by atoms with Gasteiger partial charge in [0.1, 0.15) is 11.6 Å². The lowest BCUT2D eigenvalue weighted by Gasteiger charge is -2.21. The maximum atomic E-state index is 12.3. The number of hydrogen-bond acceptors (Lipinski definition) is 5. The van der Waals surface area contributed by atoms with Crippen LogP contribution in [0.3, 0.4) is 0 Å². The molecule has 6 heteroatoms. The summed E-state index contributed by atoms with van der Waals surface area (Å²) in [6.07, 6.45) is 7.10. The summed E-state index contributed by atoms with van der Waals surface area (Å²) in [6.45, 7) is 0. The summed E-state index contributed by atoms with van der Waals surface area (Å²) in [5, 5.41) is 15.0. The lowest BCUT2D eigenvalue weighted by Crippen LogP contribution is -2.28. The Kier molecular flexibility index (Phi) is 6.38. The van der Waals surface area contributed by atoms with Gasteiger partial charge in [0.25, 0.3) is 5.91 Å². The van der Waals surface area contributed by atoms with Gasteiger partial charge < -0.3 is 15.4 Å².